The quantitative estimate of drug-likeness (QED) is 0.899. The molecule has 1 atom stereocenters. The third kappa shape index (κ3) is 5.05. The van der Waals surface area contributed by atoms with Crippen molar-refractivity contribution < 1.29 is 13.5 Å². The van der Waals surface area contributed by atoms with E-state index in [4.69, 9.17) is 0 Å². The first-order chi connectivity index (χ1) is 7.38. The van der Waals surface area contributed by atoms with Gasteiger partial charge in [-0.15, -0.1) is 0 Å². The van der Waals surface area contributed by atoms with Gasteiger partial charge >= 0.3 is 0 Å². The van der Waals surface area contributed by atoms with E-state index in [9.17, 15) is 13.5 Å². The van der Waals surface area contributed by atoms with Gasteiger partial charge in [-0.2, -0.15) is 0 Å². The number of sulfone groups is 1. The highest BCUT2D eigenvalue weighted by Gasteiger charge is 2.10. The molecule has 0 bridgehead atoms. The fourth-order valence-corrected chi connectivity index (χ4v) is 2.20. The molecule has 0 aliphatic carbocycles. The molecule has 4 nitrogen and oxygen atoms in total. The van der Waals surface area contributed by atoms with Gasteiger partial charge in [-0.3, -0.25) is 4.98 Å². The van der Waals surface area contributed by atoms with Crippen LogP contribution in [0, 0.1) is 0 Å². The number of rotatable bonds is 5. The summed E-state index contributed by atoms with van der Waals surface area (Å²) in [5.41, 5.74) is 0.566. The molecule has 0 aromatic carbocycles. The molecule has 0 amide bonds. The number of hydrogen-bond donors (Lipinski definition) is 1. The van der Waals surface area contributed by atoms with Crippen LogP contribution in [0.25, 0.3) is 0 Å². The second kappa shape index (κ2) is 5.75. The minimum atomic E-state index is -2.95. The average molecular weight is 308 g/mol. The number of nitrogens with zero attached hydrogens (tertiary/aromatic N) is 1. The van der Waals surface area contributed by atoms with Crippen LogP contribution >= 0.6 is 15.9 Å². The third-order valence-electron chi connectivity index (χ3n) is 2.08. The molecule has 1 unspecified atom stereocenters. The molecule has 90 valence electrons. The Morgan fingerprint density at radius 1 is 1.50 bits per heavy atom. The number of pyridine rings is 1. The summed E-state index contributed by atoms with van der Waals surface area (Å²) in [4.78, 5) is 4.05. The summed E-state index contributed by atoms with van der Waals surface area (Å²) in [7, 11) is -2.95. The summed E-state index contributed by atoms with van der Waals surface area (Å²) < 4.78 is 22.6. The van der Waals surface area contributed by atoms with Gasteiger partial charge < -0.3 is 5.11 Å². The maximum absolute atomic E-state index is 10.9. The Morgan fingerprint density at radius 3 is 2.69 bits per heavy atom. The number of aromatic nitrogens is 1. The minimum absolute atomic E-state index is 0.0978. The zero-order chi connectivity index (χ0) is 12.2. The second-order valence-corrected chi connectivity index (χ2v) is 6.86. The van der Waals surface area contributed by atoms with Crippen molar-refractivity contribution in [3.05, 3.63) is 28.5 Å². The maximum atomic E-state index is 10.9. The number of halogens is 1. The maximum Gasteiger partial charge on any atom is 0.147 e. The van der Waals surface area contributed by atoms with Crippen molar-refractivity contribution in [1.82, 2.24) is 4.98 Å². The number of aliphatic hydroxyl groups is 1. The van der Waals surface area contributed by atoms with Crippen LogP contribution in [0.5, 0.6) is 0 Å². The van der Waals surface area contributed by atoms with Crippen LogP contribution in [0.15, 0.2) is 22.8 Å². The van der Waals surface area contributed by atoms with Crippen molar-refractivity contribution >= 4 is 25.8 Å². The van der Waals surface area contributed by atoms with Crippen LogP contribution in [0.2, 0.25) is 0 Å². The van der Waals surface area contributed by atoms with Crippen LogP contribution < -0.4 is 0 Å². The molecule has 6 heteroatoms. The fourth-order valence-electron chi connectivity index (χ4n) is 1.27. The van der Waals surface area contributed by atoms with Gasteiger partial charge in [0.25, 0.3) is 0 Å². The molecule has 0 fully saturated rings. The lowest BCUT2D eigenvalue weighted by Gasteiger charge is -2.09. The van der Waals surface area contributed by atoms with Crippen LogP contribution in [-0.2, 0) is 9.84 Å². The summed E-state index contributed by atoms with van der Waals surface area (Å²) in [6, 6.07) is 3.51. The number of aliphatic hydroxyl groups excluding tert-OH is 1. The van der Waals surface area contributed by atoms with Crippen molar-refractivity contribution in [2.75, 3.05) is 12.0 Å². The topological polar surface area (TPSA) is 67.3 Å². The Kier molecular flexibility index (Phi) is 4.89. The molecule has 1 heterocycles. The zero-order valence-electron chi connectivity index (χ0n) is 8.93. The van der Waals surface area contributed by atoms with Gasteiger partial charge in [0.2, 0.25) is 0 Å². The summed E-state index contributed by atoms with van der Waals surface area (Å²) in [6.07, 6.45) is 2.95. The van der Waals surface area contributed by atoms with E-state index in [1.807, 2.05) is 0 Å². The minimum Gasteiger partial charge on any atom is -0.387 e. The van der Waals surface area contributed by atoms with Crippen LogP contribution in [0.3, 0.4) is 0 Å². The van der Waals surface area contributed by atoms with Gasteiger partial charge in [0.15, 0.2) is 0 Å². The molecular formula is C10H14BrNO3S. The molecular weight excluding hydrogens is 294 g/mol. The zero-order valence-corrected chi connectivity index (χ0v) is 11.3. The van der Waals surface area contributed by atoms with Gasteiger partial charge in [0.05, 0.1) is 11.8 Å². The summed E-state index contributed by atoms with van der Waals surface area (Å²) >= 11 is 3.25. The van der Waals surface area contributed by atoms with E-state index in [1.54, 1.807) is 18.3 Å². The molecule has 0 spiro atoms. The van der Waals surface area contributed by atoms with Crippen LogP contribution in [0.1, 0.15) is 24.6 Å². The predicted octanol–water partition coefficient (Wildman–Crippen LogP) is 1.70. The summed E-state index contributed by atoms with van der Waals surface area (Å²) in [5.74, 6) is 0.0978. The highest BCUT2D eigenvalue weighted by Crippen LogP contribution is 2.18. The molecule has 0 radical (unpaired) electrons. The highest BCUT2D eigenvalue weighted by molar-refractivity contribution is 9.10. The van der Waals surface area contributed by atoms with E-state index >= 15 is 0 Å². The van der Waals surface area contributed by atoms with Crippen molar-refractivity contribution in [2.24, 2.45) is 0 Å². The molecule has 1 N–H and O–H groups in total. The Labute approximate surface area is 104 Å². The molecule has 1 aromatic heterocycles. The van der Waals surface area contributed by atoms with Crippen molar-refractivity contribution in [2.45, 2.75) is 18.9 Å². The Hall–Kier alpha value is -0.460. The van der Waals surface area contributed by atoms with E-state index < -0.39 is 15.9 Å². The van der Waals surface area contributed by atoms with E-state index in [0.29, 0.717) is 18.5 Å². The first-order valence-corrected chi connectivity index (χ1v) is 7.71. The third-order valence-corrected chi connectivity index (χ3v) is 3.58. The van der Waals surface area contributed by atoms with E-state index in [0.717, 1.165) is 4.47 Å². The van der Waals surface area contributed by atoms with Crippen molar-refractivity contribution in [3.63, 3.8) is 0 Å². The van der Waals surface area contributed by atoms with Gasteiger partial charge in [-0.05, 0) is 40.9 Å². The lowest BCUT2D eigenvalue weighted by Crippen LogP contribution is -2.06. The van der Waals surface area contributed by atoms with E-state index in [2.05, 4.69) is 20.9 Å². The van der Waals surface area contributed by atoms with Crippen molar-refractivity contribution in [1.29, 1.82) is 0 Å². The standard InChI is InChI=1S/C10H14BrNO3S/c1-16(14,15)6-2-3-10(13)9-5-4-8(11)7-12-9/h4-5,7,10,13H,2-3,6H2,1H3. The van der Waals surface area contributed by atoms with Crippen LogP contribution in [-0.4, -0.2) is 30.5 Å². The normalized spacial score (nSPS) is 13.7. The Balaban J connectivity index is 2.47. The van der Waals surface area contributed by atoms with Gasteiger partial charge in [-0.25, -0.2) is 8.42 Å². The molecule has 16 heavy (non-hydrogen) atoms. The second-order valence-electron chi connectivity index (χ2n) is 3.69. The van der Waals surface area contributed by atoms with E-state index in [1.165, 1.54) is 6.26 Å². The molecule has 0 saturated carbocycles. The summed E-state index contributed by atoms with van der Waals surface area (Å²) in [6.45, 7) is 0. The first kappa shape index (κ1) is 13.6. The lowest BCUT2D eigenvalue weighted by atomic mass is 10.1. The smallest absolute Gasteiger partial charge is 0.147 e. The monoisotopic (exact) mass is 307 g/mol. The van der Waals surface area contributed by atoms with Gasteiger partial charge in [-0.1, -0.05) is 0 Å². The molecule has 0 aliphatic rings. The van der Waals surface area contributed by atoms with Gasteiger partial charge in [0, 0.05) is 22.7 Å². The van der Waals surface area contributed by atoms with E-state index in [-0.39, 0.29) is 5.75 Å². The Morgan fingerprint density at radius 2 is 2.19 bits per heavy atom. The Bertz CT molecular complexity index is 430. The summed E-state index contributed by atoms with van der Waals surface area (Å²) in [5, 5.41) is 9.74. The molecule has 1 aromatic rings. The van der Waals surface area contributed by atoms with Gasteiger partial charge in [0.1, 0.15) is 9.84 Å². The molecule has 0 saturated heterocycles. The first-order valence-electron chi connectivity index (χ1n) is 4.86. The van der Waals surface area contributed by atoms with Crippen LogP contribution in [0.4, 0.5) is 0 Å². The SMILES string of the molecule is CS(=O)(=O)CCCC(O)c1ccc(Br)cn1. The van der Waals surface area contributed by atoms with Crippen molar-refractivity contribution in [3.8, 4) is 0 Å². The molecule has 1 rings (SSSR count). The largest absolute Gasteiger partial charge is 0.387 e. The number of hydrogen-bond acceptors (Lipinski definition) is 4. The predicted molar refractivity (Wildman–Crippen MR) is 65.8 cm³/mol. The lowest BCUT2D eigenvalue weighted by molar-refractivity contribution is 0.162. The fraction of sp³-hybridized carbons (Fsp3) is 0.500. The molecule has 0 aliphatic heterocycles. The highest BCUT2D eigenvalue weighted by atomic mass is 79.9. The average Bonchev–Trinajstić information content (AvgIpc) is 2.16.